The lowest BCUT2D eigenvalue weighted by Gasteiger charge is -2.53. The highest BCUT2D eigenvalue weighted by Crippen LogP contribution is 2.63. The average Bonchev–Trinajstić information content (AvgIpc) is 3.01. The van der Waals surface area contributed by atoms with E-state index < -0.39 is 0 Å². The van der Waals surface area contributed by atoms with Gasteiger partial charge in [0.25, 0.3) is 0 Å². The first kappa shape index (κ1) is 20.4. The van der Waals surface area contributed by atoms with Gasteiger partial charge in [-0.25, -0.2) is 0 Å². The summed E-state index contributed by atoms with van der Waals surface area (Å²) in [7, 11) is 3.12. The molecule has 0 unspecified atom stereocenters. The van der Waals surface area contributed by atoms with E-state index in [9.17, 15) is 9.59 Å². The molecule has 3 rings (SSSR count). The standard InChI is InChI=1S/C22H35NO4/c1-21-11-8-17(22(2)10-7-14(26-3)13-19(22)24)15(9-12-23)16(21)5-6-18(21)20(25)27-4/h13,15-18H,5-12,23H2,1-4H3/t15-,16-,17-,18+,21-,22+/m0/s1. The van der Waals surface area contributed by atoms with Crippen molar-refractivity contribution in [1.29, 1.82) is 0 Å². The van der Waals surface area contributed by atoms with Crippen molar-refractivity contribution in [3.05, 3.63) is 11.8 Å². The molecule has 0 spiro atoms. The molecule has 0 amide bonds. The van der Waals surface area contributed by atoms with Crippen molar-refractivity contribution in [3.63, 3.8) is 0 Å². The molecule has 0 aromatic heterocycles. The van der Waals surface area contributed by atoms with Gasteiger partial charge in [-0.05, 0) is 68.2 Å². The molecule has 0 aliphatic heterocycles. The molecule has 2 fully saturated rings. The number of hydrogen-bond donors (Lipinski definition) is 1. The van der Waals surface area contributed by atoms with Crippen molar-refractivity contribution < 1.29 is 19.1 Å². The minimum atomic E-state index is -0.355. The number of methoxy groups -OCH3 is 2. The normalized spacial score (nSPS) is 41.7. The Kier molecular flexibility index (Phi) is 5.72. The van der Waals surface area contributed by atoms with Crippen LogP contribution in [-0.2, 0) is 19.1 Å². The van der Waals surface area contributed by atoms with Crippen LogP contribution in [0.25, 0.3) is 0 Å². The largest absolute Gasteiger partial charge is 0.501 e. The molecule has 5 nitrogen and oxygen atoms in total. The predicted octanol–water partition coefficient (Wildman–Crippen LogP) is 3.47. The first-order valence-corrected chi connectivity index (χ1v) is 10.4. The van der Waals surface area contributed by atoms with E-state index in [-0.39, 0.29) is 28.5 Å². The summed E-state index contributed by atoms with van der Waals surface area (Å²) in [5.74, 6) is 2.03. The molecule has 3 aliphatic carbocycles. The van der Waals surface area contributed by atoms with Crippen LogP contribution in [0.4, 0.5) is 0 Å². The van der Waals surface area contributed by atoms with Gasteiger partial charge in [-0.3, -0.25) is 9.59 Å². The summed E-state index contributed by atoms with van der Waals surface area (Å²) in [6, 6.07) is 0. The van der Waals surface area contributed by atoms with Crippen molar-refractivity contribution in [1.82, 2.24) is 0 Å². The number of fused-ring (bicyclic) bond motifs is 1. The number of nitrogens with two attached hydrogens (primary N) is 1. The number of esters is 1. The first-order valence-electron chi connectivity index (χ1n) is 10.4. The molecule has 2 saturated carbocycles. The van der Waals surface area contributed by atoms with Gasteiger partial charge in [0.1, 0.15) is 0 Å². The van der Waals surface area contributed by atoms with Crippen LogP contribution in [0, 0.1) is 34.5 Å². The molecular weight excluding hydrogens is 342 g/mol. The average molecular weight is 378 g/mol. The lowest BCUT2D eigenvalue weighted by Crippen LogP contribution is -2.51. The quantitative estimate of drug-likeness (QED) is 0.742. The van der Waals surface area contributed by atoms with Gasteiger partial charge < -0.3 is 15.2 Å². The third-order valence-electron chi connectivity index (χ3n) is 8.25. The van der Waals surface area contributed by atoms with E-state index >= 15 is 0 Å². The van der Waals surface area contributed by atoms with E-state index in [0.29, 0.717) is 24.3 Å². The summed E-state index contributed by atoms with van der Waals surface area (Å²) >= 11 is 0. The third kappa shape index (κ3) is 3.22. The van der Waals surface area contributed by atoms with Crippen molar-refractivity contribution >= 4 is 11.8 Å². The number of carbonyl (C=O) groups excluding carboxylic acids is 2. The van der Waals surface area contributed by atoms with Gasteiger partial charge in [0.2, 0.25) is 0 Å². The molecule has 0 heterocycles. The number of ether oxygens (including phenoxy) is 2. The fraction of sp³-hybridized carbons (Fsp3) is 0.818. The monoisotopic (exact) mass is 377 g/mol. The topological polar surface area (TPSA) is 78.6 Å². The van der Waals surface area contributed by atoms with Crippen molar-refractivity contribution in [2.24, 2.45) is 40.2 Å². The number of hydrogen-bond acceptors (Lipinski definition) is 5. The van der Waals surface area contributed by atoms with Gasteiger partial charge in [0, 0.05) is 17.9 Å². The smallest absolute Gasteiger partial charge is 0.309 e. The van der Waals surface area contributed by atoms with Gasteiger partial charge >= 0.3 is 5.97 Å². The molecule has 0 aromatic rings. The molecule has 6 atom stereocenters. The SMILES string of the molecule is COC(=O)[C@H]1CC[C@H]2[C@H](CCN)[C@@H]([C@@]3(C)CCC(OC)=CC3=O)CC[C@]12C. The molecule has 2 N–H and O–H groups in total. The molecule has 5 heteroatoms. The van der Waals surface area contributed by atoms with Gasteiger partial charge in [0.05, 0.1) is 25.9 Å². The van der Waals surface area contributed by atoms with Gasteiger partial charge in [-0.2, -0.15) is 0 Å². The summed E-state index contributed by atoms with van der Waals surface area (Å²) in [6.07, 6.45) is 8.15. The van der Waals surface area contributed by atoms with Crippen LogP contribution in [-0.4, -0.2) is 32.5 Å². The Hall–Kier alpha value is -1.36. The van der Waals surface area contributed by atoms with Crippen LogP contribution in [0.1, 0.15) is 58.8 Å². The van der Waals surface area contributed by atoms with Gasteiger partial charge in [0.15, 0.2) is 5.78 Å². The van der Waals surface area contributed by atoms with E-state index in [1.807, 2.05) is 0 Å². The zero-order valence-electron chi connectivity index (χ0n) is 17.3. The Bertz CT molecular complexity index is 630. The molecule has 27 heavy (non-hydrogen) atoms. The summed E-state index contributed by atoms with van der Waals surface area (Å²) < 4.78 is 10.4. The Balaban J connectivity index is 1.90. The molecular formula is C22H35NO4. The Morgan fingerprint density at radius 2 is 1.93 bits per heavy atom. The maximum atomic E-state index is 13.1. The van der Waals surface area contributed by atoms with E-state index in [2.05, 4.69) is 13.8 Å². The predicted molar refractivity (Wildman–Crippen MR) is 104 cm³/mol. The molecule has 0 bridgehead atoms. The van der Waals surface area contributed by atoms with Gasteiger partial charge in [-0.1, -0.05) is 13.8 Å². The highest BCUT2D eigenvalue weighted by Gasteiger charge is 2.59. The summed E-state index contributed by atoms with van der Waals surface area (Å²) in [5, 5.41) is 0. The summed E-state index contributed by atoms with van der Waals surface area (Å²) in [6.45, 7) is 5.03. The van der Waals surface area contributed by atoms with E-state index in [4.69, 9.17) is 15.2 Å². The maximum absolute atomic E-state index is 13.1. The van der Waals surface area contributed by atoms with Crippen LogP contribution in [0.2, 0.25) is 0 Å². The maximum Gasteiger partial charge on any atom is 0.309 e. The molecule has 0 radical (unpaired) electrons. The van der Waals surface area contributed by atoms with Crippen LogP contribution >= 0.6 is 0 Å². The summed E-state index contributed by atoms with van der Waals surface area (Å²) in [4.78, 5) is 25.4. The van der Waals surface area contributed by atoms with E-state index in [1.54, 1.807) is 13.2 Å². The van der Waals surface area contributed by atoms with Crippen LogP contribution in [0.15, 0.2) is 11.8 Å². The molecule has 3 aliphatic rings. The summed E-state index contributed by atoms with van der Waals surface area (Å²) in [5.41, 5.74) is 5.62. The lowest BCUT2D eigenvalue weighted by atomic mass is 9.50. The minimum absolute atomic E-state index is 0.0245. The van der Waals surface area contributed by atoms with Crippen molar-refractivity contribution in [3.8, 4) is 0 Å². The second-order valence-electron chi connectivity index (χ2n) is 9.25. The van der Waals surface area contributed by atoms with Crippen LogP contribution < -0.4 is 5.73 Å². The number of carbonyl (C=O) groups is 2. The van der Waals surface area contributed by atoms with E-state index in [1.165, 1.54) is 7.11 Å². The van der Waals surface area contributed by atoms with Crippen molar-refractivity contribution in [2.45, 2.75) is 58.8 Å². The number of rotatable bonds is 5. The third-order valence-corrected chi connectivity index (χ3v) is 8.25. The molecule has 152 valence electrons. The zero-order valence-corrected chi connectivity index (χ0v) is 17.3. The Morgan fingerprint density at radius 1 is 1.19 bits per heavy atom. The lowest BCUT2D eigenvalue weighted by molar-refractivity contribution is -0.153. The highest BCUT2D eigenvalue weighted by atomic mass is 16.5. The van der Waals surface area contributed by atoms with Crippen LogP contribution in [0.5, 0.6) is 0 Å². The Morgan fingerprint density at radius 3 is 2.52 bits per heavy atom. The van der Waals surface area contributed by atoms with E-state index in [0.717, 1.165) is 50.7 Å². The first-order chi connectivity index (χ1) is 12.8. The zero-order chi connectivity index (χ0) is 19.8. The minimum Gasteiger partial charge on any atom is -0.501 e. The number of allylic oxidation sites excluding steroid dienone is 2. The molecule has 0 saturated heterocycles. The molecule has 0 aromatic carbocycles. The second kappa shape index (κ2) is 7.57. The highest BCUT2D eigenvalue weighted by molar-refractivity contribution is 5.96. The Labute approximate surface area is 163 Å². The second-order valence-corrected chi connectivity index (χ2v) is 9.25. The number of ketones is 1. The van der Waals surface area contributed by atoms with Crippen LogP contribution in [0.3, 0.4) is 0 Å². The fourth-order valence-corrected chi connectivity index (χ4v) is 6.62. The fourth-order valence-electron chi connectivity index (χ4n) is 6.62. The van der Waals surface area contributed by atoms with Gasteiger partial charge in [-0.15, -0.1) is 0 Å². The van der Waals surface area contributed by atoms with Crippen molar-refractivity contribution in [2.75, 3.05) is 20.8 Å².